The minimum Gasteiger partial charge on any atom is -0.462 e. The summed E-state index contributed by atoms with van der Waals surface area (Å²) in [6.07, 6.45) is 0. The van der Waals surface area contributed by atoms with Gasteiger partial charge in [0.05, 0.1) is 23.5 Å². The second kappa shape index (κ2) is 9.37. The molecule has 1 N–H and O–H groups in total. The lowest BCUT2D eigenvalue weighted by molar-refractivity contribution is 0.0526. The highest BCUT2D eigenvalue weighted by Crippen LogP contribution is 2.29. The van der Waals surface area contributed by atoms with Gasteiger partial charge in [-0.25, -0.2) is 4.79 Å². The van der Waals surface area contributed by atoms with Gasteiger partial charge in [-0.3, -0.25) is 4.79 Å². The van der Waals surface area contributed by atoms with Crippen LogP contribution in [0.1, 0.15) is 34.6 Å². The number of anilines is 2. The van der Waals surface area contributed by atoms with Crippen LogP contribution in [0.3, 0.4) is 0 Å². The second-order valence-electron chi connectivity index (χ2n) is 6.69. The van der Waals surface area contributed by atoms with Crippen molar-refractivity contribution in [2.75, 3.05) is 49.5 Å². The highest BCUT2D eigenvalue weighted by Gasteiger charge is 2.21. The Hall–Kier alpha value is -2.86. The summed E-state index contributed by atoms with van der Waals surface area (Å²) in [7, 11) is 0. The molecule has 0 spiro atoms. The Morgan fingerprint density at radius 1 is 0.964 bits per heavy atom. The van der Waals surface area contributed by atoms with E-state index in [1.54, 1.807) is 31.2 Å². The minimum absolute atomic E-state index is 0.199. The molecule has 2 aromatic carbocycles. The first-order valence-corrected chi connectivity index (χ1v) is 9.77. The van der Waals surface area contributed by atoms with E-state index in [2.05, 4.69) is 22.0 Å². The van der Waals surface area contributed by atoms with Gasteiger partial charge in [-0.2, -0.15) is 0 Å². The molecule has 0 saturated carbocycles. The number of rotatable bonds is 6. The zero-order chi connectivity index (χ0) is 19.9. The van der Waals surface area contributed by atoms with Crippen LogP contribution in [-0.2, 0) is 4.74 Å². The first-order chi connectivity index (χ1) is 13.6. The standard InChI is InChI=1S/C22H27N3O3/c1-3-24-12-14-25(15-13-24)20-11-10-18(22(27)28-4-2)16-19(20)23-21(26)17-8-6-5-7-9-17/h5-11,16H,3-4,12-15H2,1-2H3,(H,23,26). The number of hydrogen-bond donors (Lipinski definition) is 1. The van der Waals surface area contributed by atoms with Crippen molar-refractivity contribution in [3.8, 4) is 0 Å². The van der Waals surface area contributed by atoms with Crippen molar-refractivity contribution in [2.24, 2.45) is 0 Å². The van der Waals surface area contributed by atoms with E-state index in [0.717, 1.165) is 38.4 Å². The Bertz CT molecular complexity index is 815. The molecular formula is C22H27N3O3. The number of likely N-dealkylation sites (N-methyl/N-ethyl adjacent to an activating group) is 1. The van der Waals surface area contributed by atoms with Gasteiger partial charge in [0.15, 0.2) is 0 Å². The zero-order valence-corrected chi connectivity index (χ0v) is 16.5. The molecule has 1 aliphatic rings. The molecule has 0 unspecified atom stereocenters. The van der Waals surface area contributed by atoms with Crippen LogP contribution < -0.4 is 10.2 Å². The van der Waals surface area contributed by atoms with Gasteiger partial charge in [0.2, 0.25) is 0 Å². The Morgan fingerprint density at radius 3 is 2.32 bits per heavy atom. The van der Waals surface area contributed by atoms with Gasteiger partial charge in [0.1, 0.15) is 0 Å². The largest absolute Gasteiger partial charge is 0.462 e. The Morgan fingerprint density at radius 2 is 1.68 bits per heavy atom. The summed E-state index contributed by atoms with van der Waals surface area (Å²) in [5.74, 6) is -0.588. The van der Waals surface area contributed by atoms with Gasteiger partial charge in [0, 0.05) is 31.7 Å². The van der Waals surface area contributed by atoms with Crippen molar-refractivity contribution in [3.63, 3.8) is 0 Å². The van der Waals surface area contributed by atoms with Crippen LogP contribution in [0.5, 0.6) is 0 Å². The van der Waals surface area contributed by atoms with E-state index in [-0.39, 0.29) is 11.9 Å². The molecule has 0 bridgehead atoms. The fourth-order valence-electron chi connectivity index (χ4n) is 3.34. The van der Waals surface area contributed by atoms with E-state index in [1.165, 1.54) is 0 Å². The molecule has 1 saturated heterocycles. The fraction of sp³-hybridized carbons (Fsp3) is 0.364. The minimum atomic E-state index is -0.389. The predicted molar refractivity (Wildman–Crippen MR) is 111 cm³/mol. The monoisotopic (exact) mass is 381 g/mol. The highest BCUT2D eigenvalue weighted by atomic mass is 16.5. The van der Waals surface area contributed by atoms with Gasteiger partial charge in [-0.15, -0.1) is 0 Å². The molecule has 148 valence electrons. The summed E-state index contributed by atoms with van der Waals surface area (Å²) in [6.45, 7) is 8.98. The number of benzene rings is 2. The zero-order valence-electron chi connectivity index (χ0n) is 16.5. The van der Waals surface area contributed by atoms with Crippen LogP contribution in [0.15, 0.2) is 48.5 Å². The van der Waals surface area contributed by atoms with Gasteiger partial charge in [-0.1, -0.05) is 25.1 Å². The number of piperazine rings is 1. The maximum Gasteiger partial charge on any atom is 0.338 e. The quantitative estimate of drug-likeness (QED) is 0.779. The topological polar surface area (TPSA) is 61.9 Å². The molecular weight excluding hydrogens is 354 g/mol. The van der Waals surface area contributed by atoms with Crippen molar-refractivity contribution < 1.29 is 14.3 Å². The van der Waals surface area contributed by atoms with Gasteiger partial charge in [0.25, 0.3) is 5.91 Å². The summed E-state index contributed by atoms with van der Waals surface area (Å²) >= 11 is 0. The number of nitrogens with one attached hydrogen (secondary N) is 1. The number of esters is 1. The fourth-order valence-corrected chi connectivity index (χ4v) is 3.34. The number of amides is 1. The number of ether oxygens (including phenoxy) is 1. The highest BCUT2D eigenvalue weighted by molar-refractivity contribution is 6.06. The maximum absolute atomic E-state index is 12.7. The van der Waals surface area contributed by atoms with Crippen LogP contribution >= 0.6 is 0 Å². The number of hydrogen-bond acceptors (Lipinski definition) is 5. The molecule has 6 nitrogen and oxygen atoms in total. The van der Waals surface area contributed by atoms with Crippen molar-refractivity contribution in [1.29, 1.82) is 0 Å². The lowest BCUT2D eigenvalue weighted by Gasteiger charge is -2.36. The van der Waals surface area contributed by atoms with E-state index in [4.69, 9.17) is 4.74 Å². The first kappa shape index (κ1) is 19.9. The van der Waals surface area contributed by atoms with Crippen LogP contribution in [0.2, 0.25) is 0 Å². The summed E-state index contributed by atoms with van der Waals surface area (Å²) in [5.41, 5.74) is 2.56. The van der Waals surface area contributed by atoms with Crippen molar-refractivity contribution in [3.05, 3.63) is 59.7 Å². The second-order valence-corrected chi connectivity index (χ2v) is 6.69. The molecule has 0 aromatic heterocycles. The SMILES string of the molecule is CCOC(=O)c1ccc(N2CCN(CC)CC2)c(NC(=O)c2ccccc2)c1. The van der Waals surface area contributed by atoms with Crippen LogP contribution in [-0.4, -0.2) is 56.1 Å². The van der Waals surface area contributed by atoms with Crippen LogP contribution in [0, 0.1) is 0 Å². The Balaban J connectivity index is 1.88. The molecule has 1 heterocycles. The average Bonchev–Trinajstić information content (AvgIpc) is 2.74. The third-order valence-corrected chi connectivity index (χ3v) is 4.95. The molecule has 0 aliphatic carbocycles. The number of carbonyl (C=O) groups excluding carboxylic acids is 2. The summed E-state index contributed by atoms with van der Waals surface area (Å²) in [4.78, 5) is 29.5. The number of carbonyl (C=O) groups is 2. The molecule has 3 rings (SSSR count). The van der Waals surface area contributed by atoms with Gasteiger partial charge >= 0.3 is 5.97 Å². The van der Waals surface area contributed by atoms with E-state index < -0.39 is 0 Å². The summed E-state index contributed by atoms with van der Waals surface area (Å²) in [5, 5.41) is 2.98. The van der Waals surface area contributed by atoms with Gasteiger partial charge in [-0.05, 0) is 43.8 Å². The normalized spacial score (nSPS) is 14.6. The Labute approximate surface area is 166 Å². The number of nitrogens with zero attached hydrogens (tertiary/aromatic N) is 2. The van der Waals surface area contributed by atoms with E-state index >= 15 is 0 Å². The molecule has 1 aliphatic heterocycles. The molecule has 1 fully saturated rings. The molecule has 2 aromatic rings. The molecule has 0 radical (unpaired) electrons. The molecule has 28 heavy (non-hydrogen) atoms. The van der Waals surface area contributed by atoms with E-state index in [9.17, 15) is 9.59 Å². The molecule has 0 atom stereocenters. The summed E-state index contributed by atoms with van der Waals surface area (Å²) in [6, 6.07) is 14.4. The summed E-state index contributed by atoms with van der Waals surface area (Å²) < 4.78 is 5.11. The van der Waals surface area contributed by atoms with Crippen molar-refractivity contribution in [2.45, 2.75) is 13.8 Å². The van der Waals surface area contributed by atoms with Crippen molar-refractivity contribution >= 4 is 23.3 Å². The van der Waals surface area contributed by atoms with Crippen molar-refractivity contribution in [1.82, 2.24) is 4.90 Å². The lowest BCUT2D eigenvalue weighted by Crippen LogP contribution is -2.46. The molecule has 1 amide bonds. The van der Waals surface area contributed by atoms with Gasteiger partial charge < -0.3 is 19.9 Å². The third-order valence-electron chi connectivity index (χ3n) is 4.95. The smallest absolute Gasteiger partial charge is 0.338 e. The van der Waals surface area contributed by atoms with Crippen LogP contribution in [0.4, 0.5) is 11.4 Å². The first-order valence-electron chi connectivity index (χ1n) is 9.77. The Kier molecular flexibility index (Phi) is 6.66. The lowest BCUT2D eigenvalue weighted by atomic mass is 10.1. The molecule has 6 heteroatoms. The van der Waals surface area contributed by atoms with E-state index in [0.29, 0.717) is 23.4 Å². The van der Waals surface area contributed by atoms with Crippen LogP contribution in [0.25, 0.3) is 0 Å². The third kappa shape index (κ3) is 4.70. The van der Waals surface area contributed by atoms with E-state index in [1.807, 2.05) is 24.3 Å². The maximum atomic E-state index is 12.7. The average molecular weight is 381 g/mol. The predicted octanol–water partition coefficient (Wildman–Crippen LogP) is 3.26.